The standard InChI is InChI=1S/C7H11NO3/c1-3-4-6(9)5(2)8-7(10)11/h1,5-6,8-9H,4H2,2H3,(H,10,11)/t5-,6?/m0/s1. The van der Waals surface area contributed by atoms with Crippen molar-refractivity contribution >= 4 is 6.09 Å². The fourth-order valence-electron chi connectivity index (χ4n) is 0.588. The van der Waals surface area contributed by atoms with Crippen LogP contribution < -0.4 is 5.32 Å². The zero-order valence-corrected chi connectivity index (χ0v) is 6.24. The lowest BCUT2D eigenvalue weighted by Gasteiger charge is -2.15. The van der Waals surface area contributed by atoms with E-state index in [9.17, 15) is 4.79 Å². The third-order valence-electron chi connectivity index (χ3n) is 1.26. The predicted octanol–water partition coefficient (Wildman–Crippen LogP) is 0.0267. The third-order valence-corrected chi connectivity index (χ3v) is 1.26. The molecule has 0 aliphatic carbocycles. The lowest BCUT2D eigenvalue weighted by molar-refractivity contribution is 0.130. The lowest BCUT2D eigenvalue weighted by Crippen LogP contribution is -2.40. The topological polar surface area (TPSA) is 69.6 Å². The van der Waals surface area contributed by atoms with Crippen LogP contribution in [-0.4, -0.2) is 28.5 Å². The first-order valence-electron chi connectivity index (χ1n) is 3.19. The van der Waals surface area contributed by atoms with Gasteiger partial charge in [0, 0.05) is 6.42 Å². The largest absolute Gasteiger partial charge is 0.465 e. The van der Waals surface area contributed by atoms with Gasteiger partial charge < -0.3 is 15.5 Å². The summed E-state index contributed by atoms with van der Waals surface area (Å²) in [6, 6.07) is -0.524. The first-order chi connectivity index (χ1) is 5.07. The van der Waals surface area contributed by atoms with E-state index in [4.69, 9.17) is 16.6 Å². The first kappa shape index (κ1) is 9.79. The van der Waals surface area contributed by atoms with Crippen molar-refractivity contribution in [2.75, 3.05) is 0 Å². The van der Waals surface area contributed by atoms with E-state index in [0.29, 0.717) is 0 Å². The molecular weight excluding hydrogens is 146 g/mol. The molecule has 0 radical (unpaired) electrons. The van der Waals surface area contributed by atoms with Crippen molar-refractivity contribution in [2.45, 2.75) is 25.5 Å². The highest BCUT2D eigenvalue weighted by Crippen LogP contribution is 1.96. The molecule has 2 atom stereocenters. The number of nitrogens with one attached hydrogen (secondary N) is 1. The fourth-order valence-corrected chi connectivity index (χ4v) is 0.588. The Morgan fingerprint density at radius 3 is 2.73 bits per heavy atom. The number of hydrogen-bond acceptors (Lipinski definition) is 2. The number of carbonyl (C=O) groups is 1. The van der Waals surface area contributed by atoms with Crippen molar-refractivity contribution in [1.82, 2.24) is 5.32 Å². The van der Waals surface area contributed by atoms with Crippen molar-refractivity contribution in [2.24, 2.45) is 0 Å². The molecule has 0 aromatic rings. The minimum atomic E-state index is -1.16. The normalized spacial score (nSPS) is 14.6. The van der Waals surface area contributed by atoms with E-state index in [2.05, 4.69) is 11.2 Å². The van der Waals surface area contributed by atoms with E-state index in [1.807, 2.05) is 0 Å². The van der Waals surface area contributed by atoms with Gasteiger partial charge in [-0.25, -0.2) is 4.79 Å². The van der Waals surface area contributed by atoms with Gasteiger partial charge in [0.05, 0.1) is 12.1 Å². The van der Waals surface area contributed by atoms with E-state index in [-0.39, 0.29) is 6.42 Å². The summed E-state index contributed by atoms with van der Waals surface area (Å²) in [5, 5.41) is 19.4. The molecular formula is C7H11NO3. The summed E-state index contributed by atoms with van der Waals surface area (Å²) in [5.41, 5.74) is 0. The minimum Gasteiger partial charge on any atom is -0.465 e. The van der Waals surface area contributed by atoms with Gasteiger partial charge in [-0.1, -0.05) is 0 Å². The Kier molecular flexibility index (Phi) is 4.08. The van der Waals surface area contributed by atoms with Gasteiger partial charge in [-0.05, 0) is 6.92 Å². The third kappa shape index (κ3) is 4.23. The second-order valence-electron chi connectivity index (χ2n) is 2.21. The molecule has 0 heterocycles. The highest BCUT2D eigenvalue weighted by molar-refractivity contribution is 5.64. The highest BCUT2D eigenvalue weighted by Gasteiger charge is 2.13. The van der Waals surface area contributed by atoms with Crippen molar-refractivity contribution in [1.29, 1.82) is 0 Å². The van der Waals surface area contributed by atoms with Crippen molar-refractivity contribution in [3.63, 3.8) is 0 Å². The average Bonchev–Trinajstić information content (AvgIpc) is 1.86. The zero-order valence-electron chi connectivity index (χ0n) is 6.24. The molecule has 0 saturated heterocycles. The predicted molar refractivity (Wildman–Crippen MR) is 40.1 cm³/mol. The summed E-state index contributed by atoms with van der Waals surface area (Å²) in [6.45, 7) is 1.55. The van der Waals surface area contributed by atoms with Gasteiger partial charge in [0.25, 0.3) is 0 Å². The Morgan fingerprint density at radius 2 is 2.36 bits per heavy atom. The van der Waals surface area contributed by atoms with Crippen LogP contribution in [0.5, 0.6) is 0 Å². The monoisotopic (exact) mass is 157 g/mol. The van der Waals surface area contributed by atoms with Crippen LogP contribution in [0, 0.1) is 12.3 Å². The summed E-state index contributed by atoms with van der Waals surface area (Å²) in [5.74, 6) is 2.24. The van der Waals surface area contributed by atoms with E-state index in [1.165, 1.54) is 0 Å². The summed E-state index contributed by atoms with van der Waals surface area (Å²) in [6.07, 6.45) is 3.10. The van der Waals surface area contributed by atoms with E-state index < -0.39 is 18.2 Å². The lowest BCUT2D eigenvalue weighted by atomic mass is 10.1. The van der Waals surface area contributed by atoms with Crippen molar-refractivity contribution in [3.05, 3.63) is 0 Å². The van der Waals surface area contributed by atoms with Gasteiger partial charge >= 0.3 is 6.09 Å². The Balaban J connectivity index is 3.74. The number of carboxylic acid groups (broad SMARTS) is 1. The maximum Gasteiger partial charge on any atom is 0.404 e. The van der Waals surface area contributed by atoms with Crippen LogP contribution in [0.15, 0.2) is 0 Å². The summed E-state index contributed by atoms with van der Waals surface area (Å²) in [4.78, 5) is 10.0. The fraction of sp³-hybridized carbons (Fsp3) is 0.571. The maximum atomic E-state index is 10.0. The first-order valence-corrected chi connectivity index (χ1v) is 3.19. The molecule has 0 aliphatic heterocycles. The average molecular weight is 157 g/mol. The number of rotatable bonds is 3. The molecule has 1 unspecified atom stereocenters. The smallest absolute Gasteiger partial charge is 0.404 e. The van der Waals surface area contributed by atoms with Crippen molar-refractivity contribution < 1.29 is 15.0 Å². The summed E-state index contributed by atoms with van der Waals surface area (Å²) in [7, 11) is 0. The zero-order chi connectivity index (χ0) is 8.85. The molecule has 0 rings (SSSR count). The van der Waals surface area contributed by atoms with Gasteiger partial charge in [-0.3, -0.25) is 0 Å². The van der Waals surface area contributed by atoms with Gasteiger partial charge in [-0.2, -0.15) is 0 Å². The Hall–Kier alpha value is -1.21. The van der Waals surface area contributed by atoms with Crippen LogP contribution in [0.4, 0.5) is 4.79 Å². The molecule has 0 aliphatic rings. The highest BCUT2D eigenvalue weighted by atomic mass is 16.4. The van der Waals surface area contributed by atoms with E-state index in [0.717, 1.165) is 0 Å². The van der Waals surface area contributed by atoms with E-state index >= 15 is 0 Å². The molecule has 4 nitrogen and oxygen atoms in total. The van der Waals surface area contributed by atoms with Crippen LogP contribution in [0.3, 0.4) is 0 Å². The minimum absolute atomic E-state index is 0.154. The van der Waals surface area contributed by atoms with Crippen LogP contribution >= 0.6 is 0 Å². The van der Waals surface area contributed by atoms with Crippen molar-refractivity contribution in [3.8, 4) is 12.3 Å². The summed E-state index contributed by atoms with van der Waals surface area (Å²) >= 11 is 0. The Morgan fingerprint density at radius 1 is 1.82 bits per heavy atom. The molecule has 0 bridgehead atoms. The van der Waals surface area contributed by atoms with Gasteiger partial charge in [-0.15, -0.1) is 12.3 Å². The number of amides is 1. The van der Waals surface area contributed by atoms with Crippen LogP contribution in [0.25, 0.3) is 0 Å². The summed E-state index contributed by atoms with van der Waals surface area (Å²) < 4.78 is 0. The Bertz CT molecular complexity index is 173. The SMILES string of the molecule is C#CCC(O)[C@H](C)NC(=O)O. The van der Waals surface area contributed by atoms with Gasteiger partial charge in [0.1, 0.15) is 0 Å². The molecule has 11 heavy (non-hydrogen) atoms. The molecule has 0 fully saturated rings. The second kappa shape index (κ2) is 4.58. The number of aliphatic hydroxyl groups excluding tert-OH is 1. The van der Waals surface area contributed by atoms with Gasteiger partial charge in [0.2, 0.25) is 0 Å². The molecule has 3 N–H and O–H groups in total. The molecule has 1 amide bonds. The van der Waals surface area contributed by atoms with E-state index in [1.54, 1.807) is 6.92 Å². The molecule has 0 aromatic carbocycles. The molecule has 0 spiro atoms. The van der Waals surface area contributed by atoms with Crippen LogP contribution in [0.1, 0.15) is 13.3 Å². The quantitative estimate of drug-likeness (QED) is 0.506. The molecule has 4 heteroatoms. The Labute approximate surface area is 65.2 Å². The molecule has 0 aromatic heterocycles. The van der Waals surface area contributed by atoms with Gasteiger partial charge in [0.15, 0.2) is 0 Å². The van der Waals surface area contributed by atoms with Crippen LogP contribution in [-0.2, 0) is 0 Å². The van der Waals surface area contributed by atoms with Crippen LogP contribution in [0.2, 0.25) is 0 Å². The number of hydrogen-bond donors (Lipinski definition) is 3. The maximum absolute atomic E-state index is 10.0. The number of aliphatic hydroxyl groups is 1. The molecule has 0 saturated carbocycles. The second-order valence-corrected chi connectivity index (χ2v) is 2.21. The number of terminal acetylenes is 1. The molecule has 62 valence electrons.